The lowest BCUT2D eigenvalue weighted by Gasteiger charge is -2.34. The fourth-order valence-electron chi connectivity index (χ4n) is 2.73. The second kappa shape index (κ2) is 9.68. The van der Waals surface area contributed by atoms with Crippen molar-refractivity contribution in [2.24, 2.45) is 0 Å². The van der Waals surface area contributed by atoms with Crippen LogP contribution in [-0.2, 0) is 9.59 Å². The minimum atomic E-state index is -0.274. The number of nitrogens with zero attached hydrogens (tertiary/aromatic N) is 2. The van der Waals surface area contributed by atoms with Gasteiger partial charge in [0.2, 0.25) is 11.8 Å². The van der Waals surface area contributed by atoms with Crippen molar-refractivity contribution >= 4 is 33.7 Å². The van der Waals surface area contributed by atoms with Crippen LogP contribution >= 0.6 is 15.9 Å². The molecule has 0 aromatic heterocycles. The molecule has 1 aliphatic rings. The van der Waals surface area contributed by atoms with E-state index in [2.05, 4.69) is 26.6 Å². The molecule has 2 rings (SSSR count). The standard InChI is InChI=1S/C18H25BrN4O3/c1-13(2)21-16(24)12-22-6-8-23(9-7-22)17(25)11-20-18(26)14-4-3-5-15(19)10-14/h3-5,10,13H,6-9,11-12H2,1-2H3,(H,20,26)(H,21,24). The van der Waals surface area contributed by atoms with Crippen molar-refractivity contribution in [1.29, 1.82) is 0 Å². The molecule has 1 aliphatic heterocycles. The quantitative estimate of drug-likeness (QED) is 0.708. The summed E-state index contributed by atoms with van der Waals surface area (Å²) in [5, 5.41) is 5.52. The van der Waals surface area contributed by atoms with Crippen LogP contribution in [0.3, 0.4) is 0 Å². The zero-order valence-electron chi connectivity index (χ0n) is 15.1. The topological polar surface area (TPSA) is 81.8 Å². The lowest BCUT2D eigenvalue weighted by molar-refractivity contribution is -0.132. The summed E-state index contributed by atoms with van der Waals surface area (Å²) in [5.41, 5.74) is 0.508. The summed E-state index contributed by atoms with van der Waals surface area (Å²) in [6.45, 7) is 6.58. The van der Waals surface area contributed by atoms with Crippen molar-refractivity contribution in [2.45, 2.75) is 19.9 Å². The van der Waals surface area contributed by atoms with Crippen LogP contribution in [-0.4, -0.2) is 72.8 Å². The first kappa shape index (κ1) is 20.4. The third kappa shape index (κ3) is 6.42. The Bertz CT molecular complexity index is 658. The number of piperazine rings is 1. The Balaban J connectivity index is 1.73. The minimum Gasteiger partial charge on any atom is -0.353 e. The van der Waals surface area contributed by atoms with Gasteiger partial charge in [-0.05, 0) is 32.0 Å². The second-order valence-electron chi connectivity index (χ2n) is 6.57. The van der Waals surface area contributed by atoms with Crippen LogP contribution in [0.5, 0.6) is 0 Å². The number of hydrogen-bond donors (Lipinski definition) is 2. The first-order valence-electron chi connectivity index (χ1n) is 8.68. The molecule has 0 atom stereocenters. The molecule has 1 aromatic carbocycles. The largest absolute Gasteiger partial charge is 0.353 e. The van der Waals surface area contributed by atoms with Crippen LogP contribution in [0.15, 0.2) is 28.7 Å². The van der Waals surface area contributed by atoms with E-state index in [0.717, 1.165) is 4.47 Å². The highest BCUT2D eigenvalue weighted by Crippen LogP contribution is 2.11. The smallest absolute Gasteiger partial charge is 0.251 e. The molecule has 8 heteroatoms. The van der Waals surface area contributed by atoms with Crippen molar-refractivity contribution in [2.75, 3.05) is 39.3 Å². The van der Waals surface area contributed by atoms with Crippen LogP contribution in [0.25, 0.3) is 0 Å². The monoisotopic (exact) mass is 424 g/mol. The summed E-state index contributed by atoms with van der Waals surface area (Å²) in [4.78, 5) is 39.9. The Labute approximate surface area is 162 Å². The molecule has 142 valence electrons. The number of hydrogen-bond acceptors (Lipinski definition) is 4. The van der Waals surface area contributed by atoms with E-state index in [-0.39, 0.29) is 30.3 Å². The van der Waals surface area contributed by atoms with Crippen molar-refractivity contribution in [1.82, 2.24) is 20.4 Å². The first-order valence-corrected chi connectivity index (χ1v) is 9.47. The molecule has 0 spiro atoms. The first-order chi connectivity index (χ1) is 12.3. The average molecular weight is 425 g/mol. The molecule has 7 nitrogen and oxygen atoms in total. The van der Waals surface area contributed by atoms with E-state index in [0.29, 0.717) is 38.3 Å². The number of benzene rings is 1. The van der Waals surface area contributed by atoms with Crippen LogP contribution in [0.4, 0.5) is 0 Å². The summed E-state index contributed by atoms with van der Waals surface area (Å²) in [6.07, 6.45) is 0. The summed E-state index contributed by atoms with van der Waals surface area (Å²) in [6, 6.07) is 7.14. The maximum atomic E-state index is 12.3. The molecule has 0 radical (unpaired) electrons. The molecule has 0 unspecified atom stereocenters. The fourth-order valence-corrected chi connectivity index (χ4v) is 3.12. The van der Waals surface area contributed by atoms with Crippen LogP contribution < -0.4 is 10.6 Å². The molecule has 0 aliphatic carbocycles. The highest BCUT2D eigenvalue weighted by molar-refractivity contribution is 9.10. The summed E-state index contributed by atoms with van der Waals surface area (Å²) in [5.74, 6) is -0.385. The van der Waals surface area contributed by atoms with Gasteiger partial charge in [-0.2, -0.15) is 0 Å². The molecule has 0 bridgehead atoms. The number of halogens is 1. The number of carbonyl (C=O) groups excluding carboxylic acids is 3. The van der Waals surface area contributed by atoms with Crippen molar-refractivity contribution in [3.63, 3.8) is 0 Å². The predicted molar refractivity (Wildman–Crippen MR) is 103 cm³/mol. The molecule has 1 saturated heterocycles. The Morgan fingerprint density at radius 2 is 1.85 bits per heavy atom. The SMILES string of the molecule is CC(C)NC(=O)CN1CCN(C(=O)CNC(=O)c2cccc(Br)c2)CC1. The van der Waals surface area contributed by atoms with Gasteiger partial charge in [-0.15, -0.1) is 0 Å². The highest BCUT2D eigenvalue weighted by Gasteiger charge is 2.22. The molecule has 1 heterocycles. The Hall–Kier alpha value is -1.93. The average Bonchev–Trinajstić information content (AvgIpc) is 2.59. The Morgan fingerprint density at radius 3 is 2.46 bits per heavy atom. The van der Waals surface area contributed by atoms with E-state index >= 15 is 0 Å². The van der Waals surface area contributed by atoms with E-state index in [1.807, 2.05) is 24.8 Å². The third-order valence-corrected chi connectivity index (χ3v) is 4.52. The molecule has 1 fully saturated rings. The van der Waals surface area contributed by atoms with E-state index in [1.165, 1.54) is 0 Å². The zero-order chi connectivity index (χ0) is 19.1. The van der Waals surface area contributed by atoms with Gasteiger partial charge in [0, 0.05) is 42.3 Å². The van der Waals surface area contributed by atoms with Crippen molar-refractivity contribution in [3.8, 4) is 0 Å². The lowest BCUT2D eigenvalue weighted by atomic mass is 10.2. The van der Waals surface area contributed by atoms with E-state index in [4.69, 9.17) is 0 Å². The predicted octanol–water partition coefficient (Wildman–Crippen LogP) is 0.848. The fraction of sp³-hybridized carbons (Fsp3) is 0.500. The molecule has 1 aromatic rings. The Kier molecular flexibility index (Phi) is 7.59. The van der Waals surface area contributed by atoms with Gasteiger partial charge in [-0.1, -0.05) is 22.0 Å². The van der Waals surface area contributed by atoms with Crippen LogP contribution in [0, 0.1) is 0 Å². The van der Waals surface area contributed by atoms with Gasteiger partial charge in [0.05, 0.1) is 13.1 Å². The van der Waals surface area contributed by atoms with Gasteiger partial charge in [0.1, 0.15) is 0 Å². The van der Waals surface area contributed by atoms with Crippen LogP contribution in [0.1, 0.15) is 24.2 Å². The van der Waals surface area contributed by atoms with E-state index < -0.39 is 0 Å². The second-order valence-corrected chi connectivity index (χ2v) is 7.49. The number of amides is 3. The summed E-state index contributed by atoms with van der Waals surface area (Å²) >= 11 is 3.32. The lowest BCUT2D eigenvalue weighted by Crippen LogP contribution is -2.53. The molecule has 0 saturated carbocycles. The van der Waals surface area contributed by atoms with Gasteiger partial charge in [-0.3, -0.25) is 19.3 Å². The van der Waals surface area contributed by atoms with Gasteiger partial charge < -0.3 is 15.5 Å². The molecular formula is C18H25BrN4O3. The van der Waals surface area contributed by atoms with Crippen molar-refractivity contribution < 1.29 is 14.4 Å². The van der Waals surface area contributed by atoms with Gasteiger partial charge in [0.15, 0.2) is 0 Å². The van der Waals surface area contributed by atoms with Crippen LogP contribution in [0.2, 0.25) is 0 Å². The number of carbonyl (C=O) groups is 3. The minimum absolute atomic E-state index is 0.000983. The molecule has 2 N–H and O–H groups in total. The Morgan fingerprint density at radius 1 is 1.15 bits per heavy atom. The number of nitrogens with one attached hydrogen (secondary N) is 2. The van der Waals surface area contributed by atoms with E-state index in [1.54, 1.807) is 23.1 Å². The molecule has 26 heavy (non-hydrogen) atoms. The normalized spacial score (nSPS) is 15.0. The molecular weight excluding hydrogens is 400 g/mol. The van der Waals surface area contributed by atoms with Gasteiger partial charge >= 0.3 is 0 Å². The summed E-state index contributed by atoms with van der Waals surface area (Å²) < 4.78 is 0.814. The third-order valence-electron chi connectivity index (χ3n) is 4.03. The highest BCUT2D eigenvalue weighted by atomic mass is 79.9. The number of rotatable bonds is 6. The maximum absolute atomic E-state index is 12.3. The zero-order valence-corrected chi connectivity index (χ0v) is 16.7. The molecule has 3 amide bonds. The van der Waals surface area contributed by atoms with Gasteiger partial charge in [0.25, 0.3) is 5.91 Å². The van der Waals surface area contributed by atoms with Crippen molar-refractivity contribution in [3.05, 3.63) is 34.3 Å². The maximum Gasteiger partial charge on any atom is 0.251 e. The van der Waals surface area contributed by atoms with Gasteiger partial charge in [-0.25, -0.2) is 0 Å². The summed E-state index contributed by atoms with van der Waals surface area (Å²) in [7, 11) is 0. The van der Waals surface area contributed by atoms with E-state index in [9.17, 15) is 14.4 Å².